The number of carboxylic acids is 1. The Labute approximate surface area is 207 Å². The number of carboxylic acid groups (broad SMARTS) is 1. The lowest BCUT2D eigenvalue weighted by Crippen LogP contribution is -2.29. The van der Waals surface area contributed by atoms with E-state index in [1.807, 2.05) is 55.5 Å². The summed E-state index contributed by atoms with van der Waals surface area (Å²) in [6, 6.07) is 20.7. The molecule has 2 heterocycles. The Balaban J connectivity index is 1.68. The predicted octanol–water partition coefficient (Wildman–Crippen LogP) is 4.98. The number of aliphatic carboxylic acids is 1. The first-order chi connectivity index (χ1) is 17.4. The Morgan fingerprint density at radius 3 is 2.25 bits per heavy atom. The van der Waals surface area contributed by atoms with Crippen molar-refractivity contribution in [3.8, 4) is 0 Å². The van der Waals surface area contributed by atoms with Gasteiger partial charge in [-0.25, -0.2) is 0 Å². The van der Waals surface area contributed by atoms with E-state index < -0.39 is 23.7 Å². The Bertz CT molecular complexity index is 1510. The first-order valence-electron chi connectivity index (χ1n) is 11.7. The molecule has 180 valence electrons. The molecule has 1 aromatic heterocycles. The summed E-state index contributed by atoms with van der Waals surface area (Å²) in [5.41, 5.74) is 4.04. The van der Waals surface area contributed by atoms with E-state index in [9.17, 15) is 19.5 Å². The van der Waals surface area contributed by atoms with Gasteiger partial charge in [0.1, 0.15) is 5.76 Å². The maximum Gasteiger partial charge on any atom is 0.307 e. The zero-order valence-corrected chi connectivity index (χ0v) is 19.6. The van der Waals surface area contributed by atoms with Gasteiger partial charge < -0.3 is 15.2 Å². The number of para-hydroxylation sites is 1. The van der Waals surface area contributed by atoms with Gasteiger partial charge in [0.15, 0.2) is 0 Å². The van der Waals surface area contributed by atoms with Crippen molar-refractivity contribution in [2.24, 2.45) is 0 Å². The quantitative estimate of drug-likeness (QED) is 0.205. The zero-order valence-electron chi connectivity index (χ0n) is 19.6. The van der Waals surface area contributed by atoms with Gasteiger partial charge in [-0.15, -0.1) is 0 Å². The SMILES string of the molecule is CCc1ccc(C2/C(=C(/O)c3c[nH]c4ccccc34)C(=O)C(=O)N2c2ccc(CC(=O)O)cc2)cc1. The highest BCUT2D eigenvalue weighted by Gasteiger charge is 2.47. The number of rotatable bonds is 6. The molecule has 5 rings (SSSR count). The number of carbonyl (C=O) groups excluding carboxylic acids is 2. The van der Waals surface area contributed by atoms with Gasteiger partial charge in [-0.3, -0.25) is 19.3 Å². The number of nitrogens with zero attached hydrogens (tertiary/aromatic N) is 1. The number of amides is 1. The zero-order chi connectivity index (χ0) is 25.4. The number of aryl methyl sites for hydroxylation is 1. The maximum absolute atomic E-state index is 13.4. The minimum atomic E-state index is -0.960. The summed E-state index contributed by atoms with van der Waals surface area (Å²) in [4.78, 5) is 42.3. The van der Waals surface area contributed by atoms with E-state index in [-0.39, 0.29) is 17.8 Å². The van der Waals surface area contributed by atoms with Crippen LogP contribution in [0.15, 0.2) is 84.6 Å². The van der Waals surface area contributed by atoms with E-state index in [2.05, 4.69) is 4.98 Å². The highest BCUT2D eigenvalue weighted by atomic mass is 16.4. The maximum atomic E-state index is 13.4. The molecule has 1 amide bonds. The number of aliphatic hydroxyl groups excluding tert-OH is 1. The Morgan fingerprint density at radius 1 is 0.917 bits per heavy atom. The standard InChI is InChI=1S/C29H24N2O5/c1-2-17-7-11-19(12-8-17)26-25(27(34)22-16-30-23-6-4-3-5-21(22)23)28(35)29(36)31(26)20-13-9-18(10-14-20)15-24(32)33/h3-14,16,26,30,34H,2,15H2,1H3,(H,32,33)/b27-25-. The second-order valence-corrected chi connectivity index (χ2v) is 8.75. The van der Waals surface area contributed by atoms with Gasteiger partial charge in [0.05, 0.1) is 18.0 Å². The van der Waals surface area contributed by atoms with Crippen molar-refractivity contribution in [3.63, 3.8) is 0 Å². The molecule has 0 aliphatic carbocycles. The molecular formula is C29H24N2O5. The third-order valence-electron chi connectivity index (χ3n) is 6.56. The fourth-order valence-corrected chi connectivity index (χ4v) is 4.71. The number of fused-ring (bicyclic) bond motifs is 1. The van der Waals surface area contributed by atoms with Gasteiger partial charge in [-0.2, -0.15) is 0 Å². The number of aromatic nitrogens is 1. The molecule has 1 aliphatic rings. The number of anilines is 1. The van der Waals surface area contributed by atoms with Gasteiger partial charge in [-0.1, -0.05) is 61.5 Å². The number of hydrogen-bond acceptors (Lipinski definition) is 4. The highest BCUT2D eigenvalue weighted by Crippen LogP contribution is 2.43. The minimum absolute atomic E-state index is 0.00335. The number of nitrogens with one attached hydrogen (secondary N) is 1. The number of carbonyl (C=O) groups is 3. The van der Waals surface area contributed by atoms with Crippen molar-refractivity contribution in [2.45, 2.75) is 25.8 Å². The Hall–Kier alpha value is -4.65. The topological polar surface area (TPSA) is 111 Å². The van der Waals surface area contributed by atoms with Crippen molar-refractivity contribution in [2.75, 3.05) is 4.90 Å². The summed E-state index contributed by atoms with van der Waals surface area (Å²) in [5, 5.41) is 21.2. The van der Waals surface area contributed by atoms with Crippen molar-refractivity contribution in [1.82, 2.24) is 4.98 Å². The number of aliphatic hydroxyl groups is 1. The lowest BCUT2D eigenvalue weighted by molar-refractivity contribution is -0.136. The second kappa shape index (κ2) is 9.19. The van der Waals surface area contributed by atoms with Crippen LogP contribution in [0.2, 0.25) is 0 Å². The molecule has 1 fully saturated rings. The molecule has 4 aromatic rings. The van der Waals surface area contributed by atoms with Crippen LogP contribution >= 0.6 is 0 Å². The predicted molar refractivity (Wildman–Crippen MR) is 137 cm³/mol. The average molecular weight is 481 g/mol. The fourth-order valence-electron chi connectivity index (χ4n) is 4.71. The van der Waals surface area contributed by atoms with Gasteiger partial charge in [-0.05, 0) is 41.3 Å². The number of H-pyrrole nitrogens is 1. The molecule has 0 radical (unpaired) electrons. The summed E-state index contributed by atoms with van der Waals surface area (Å²) < 4.78 is 0. The molecule has 3 aromatic carbocycles. The Morgan fingerprint density at radius 2 is 1.58 bits per heavy atom. The molecule has 1 atom stereocenters. The Kier molecular flexibility index (Phi) is 5.90. The average Bonchev–Trinajstić information content (AvgIpc) is 3.43. The fraction of sp³-hybridized carbons (Fsp3) is 0.138. The van der Waals surface area contributed by atoms with Gasteiger partial charge in [0.2, 0.25) is 0 Å². The third kappa shape index (κ3) is 3.94. The summed E-state index contributed by atoms with van der Waals surface area (Å²) in [5.74, 6) is -2.75. The normalized spacial score (nSPS) is 17.1. The molecule has 1 aliphatic heterocycles. The van der Waals surface area contributed by atoms with Crippen LogP contribution in [0.3, 0.4) is 0 Å². The van der Waals surface area contributed by atoms with E-state index in [4.69, 9.17) is 5.11 Å². The van der Waals surface area contributed by atoms with E-state index in [0.29, 0.717) is 22.4 Å². The summed E-state index contributed by atoms with van der Waals surface area (Å²) in [7, 11) is 0. The number of aromatic amines is 1. The number of benzene rings is 3. The molecule has 1 saturated heterocycles. The van der Waals surface area contributed by atoms with Crippen molar-refractivity contribution >= 4 is 40.0 Å². The lowest BCUT2D eigenvalue weighted by atomic mass is 9.94. The van der Waals surface area contributed by atoms with Gasteiger partial charge in [0, 0.05) is 28.4 Å². The van der Waals surface area contributed by atoms with Gasteiger partial charge in [0.25, 0.3) is 11.7 Å². The van der Waals surface area contributed by atoms with E-state index in [1.165, 1.54) is 4.90 Å². The van der Waals surface area contributed by atoms with Gasteiger partial charge >= 0.3 is 5.97 Å². The largest absolute Gasteiger partial charge is 0.507 e. The van der Waals surface area contributed by atoms with Crippen molar-refractivity contribution in [1.29, 1.82) is 0 Å². The van der Waals surface area contributed by atoms with E-state index in [1.54, 1.807) is 30.5 Å². The van der Waals surface area contributed by atoms with Crippen molar-refractivity contribution < 1.29 is 24.6 Å². The number of ketones is 1. The monoisotopic (exact) mass is 480 g/mol. The first kappa shape index (κ1) is 23.1. The van der Waals surface area contributed by atoms with Crippen LogP contribution in [0.5, 0.6) is 0 Å². The van der Waals surface area contributed by atoms with Crippen molar-refractivity contribution in [3.05, 3.63) is 107 Å². The molecule has 7 heteroatoms. The molecule has 36 heavy (non-hydrogen) atoms. The van der Waals surface area contributed by atoms with Crippen LogP contribution < -0.4 is 4.90 Å². The summed E-state index contributed by atoms with van der Waals surface area (Å²) in [6.07, 6.45) is 2.31. The first-order valence-corrected chi connectivity index (χ1v) is 11.7. The van der Waals surface area contributed by atoms with Crippen LogP contribution in [0, 0.1) is 0 Å². The molecular weight excluding hydrogens is 456 g/mol. The molecule has 0 bridgehead atoms. The molecule has 0 spiro atoms. The third-order valence-corrected chi connectivity index (χ3v) is 6.56. The minimum Gasteiger partial charge on any atom is -0.507 e. The number of hydrogen-bond donors (Lipinski definition) is 3. The molecule has 1 unspecified atom stereocenters. The van der Waals surface area contributed by atoms with Crippen LogP contribution in [0.25, 0.3) is 16.7 Å². The van der Waals surface area contributed by atoms with Crippen LogP contribution in [0.4, 0.5) is 5.69 Å². The smallest absolute Gasteiger partial charge is 0.307 e. The molecule has 3 N–H and O–H groups in total. The molecule has 0 saturated carbocycles. The van der Waals surface area contributed by atoms with Crippen LogP contribution in [-0.4, -0.2) is 32.9 Å². The molecule has 7 nitrogen and oxygen atoms in total. The van der Waals surface area contributed by atoms with E-state index in [0.717, 1.165) is 22.9 Å². The highest BCUT2D eigenvalue weighted by molar-refractivity contribution is 6.51. The summed E-state index contributed by atoms with van der Waals surface area (Å²) in [6.45, 7) is 2.04. The van der Waals surface area contributed by atoms with E-state index >= 15 is 0 Å². The number of Topliss-reactive ketones (excluding diaryl/α,β-unsaturated/α-hetero) is 1. The second-order valence-electron chi connectivity index (χ2n) is 8.75. The summed E-state index contributed by atoms with van der Waals surface area (Å²) >= 11 is 0. The van der Waals surface area contributed by atoms with Crippen LogP contribution in [-0.2, 0) is 27.2 Å². The lowest BCUT2D eigenvalue weighted by Gasteiger charge is -2.25. The van der Waals surface area contributed by atoms with Crippen LogP contribution in [0.1, 0.15) is 35.2 Å².